The number of hydrogen-bond acceptors (Lipinski definition) is 4. The van der Waals surface area contributed by atoms with Crippen molar-refractivity contribution in [2.45, 2.75) is 52.1 Å². The predicted octanol–water partition coefficient (Wildman–Crippen LogP) is 3.82. The zero-order chi connectivity index (χ0) is 14.5. The number of fused-ring (bicyclic) bond motifs is 1. The molecule has 2 rings (SSSR count). The van der Waals surface area contributed by atoms with Crippen molar-refractivity contribution < 1.29 is 14.7 Å². The molecule has 0 fully saturated rings. The molecule has 1 aliphatic heterocycles. The highest BCUT2D eigenvalue weighted by molar-refractivity contribution is 6.03. The highest BCUT2D eigenvalue weighted by Gasteiger charge is 2.22. The fourth-order valence-corrected chi connectivity index (χ4v) is 2.47. The molecule has 0 radical (unpaired) electrons. The summed E-state index contributed by atoms with van der Waals surface area (Å²) in [4.78, 5) is 11.8. The van der Waals surface area contributed by atoms with Crippen LogP contribution in [0.3, 0.4) is 0 Å². The van der Waals surface area contributed by atoms with Crippen molar-refractivity contribution in [3.63, 3.8) is 0 Å². The van der Waals surface area contributed by atoms with Crippen LogP contribution in [-0.2, 0) is 0 Å². The van der Waals surface area contributed by atoms with Crippen LogP contribution in [0.5, 0.6) is 5.75 Å². The van der Waals surface area contributed by atoms with E-state index in [1.165, 1.54) is 12.8 Å². The van der Waals surface area contributed by atoms with Crippen molar-refractivity contribution in [1.82, 2.24) is 0 Å². The van der Waals surface area contributed by atoms with Gasteiger partial charge in [0.2, 0.25) is 0 Å². The van der Waals surface area contributed by atoms with Gasteiger partial charge in [-0.2, -0.15) is 0 Å². The average molecular weight is 277 g/mol. The molecule has 4 heteroatoms. The van der Waals surface area contributed by atoms with Gasteiger partial charge in [-0.3, -0.25) is 15.1 Å². The molecule has 0 saturated heterocycles. The van der Waals surface area contributed by atoms with Gasteiger partial charge in [0, 0.05) is 18.1 Å². The number of anilines is 1. The largest absolute Gasteiger partial charge is 0.491 e. The SMILES string of the molecule is CCCCCC(C)Oc1ccc2c(c1)N(O)CCC2=O. The Kier molecular flexibility index (Phi) is 5.01. The van der Waals surface area contributed by atoms with Gasteiger partial charge >= 0.3 is 0 Å². The van der Waals surface area contributed by atoms with E-state index in [0.717, 1.165) is 17.9 Å². The van der Waals surface area contributed by atoms with Gasteiger partial charge < -0.3 is 4.74 Å². The Morgan fingerprint density at radius 2 is 2.20 bits per heavy atom. The van der Waals surface area contributed by atoms with E-state index in [-0.39, 0.29) is 11.9 Å². The summed E-state index contributed by atoms with van der Waals surface area (Å²) in [5.74, 6) is 0.786. The van der Waals surface area contributed by atoms with Crippen molar-refractivity contribution in [3.05, 3.63) is 23.8 Å². The molecule has 4 nitrogen and oxygen atoms in total. The molecule has 1 unspecified atom stereocenters. The number of carbonyl (C=O) groups excluding carboxylic acids is 1. The summed E-state index contributed by atoms with van der Waals surface area (Å²) in [5.41, 5.74) is 1.13. The molecule has 0 amide bonds. The second-order valence-electron chi connectivity index (χ2n) is 5.40. The van der Waals surface area contributed by atoms with E-state index in [2.05, 4.69) is 13.8 Å². The fraction of sp³-hybridized carbons (Fsp3) is 0.562. The molecule has 110 valence electrons. The van der Waals surface area contributed by atoms with Crippen molar-refractivity contribution in [3.8, 4) is 5.75 Å². The summed E-state index contributed by atoms with van der Waals surface area (Å²) in [5, 5.41) is 11.0. The third-order valence-electron chi connectivity index (χ3n) is 3.65. The number of rotatable bonds is 6. The Hall–Kier alpha value is -1.55. The van der Waals surface area contributed by atoms with Gasteiger partial charge in [-0.25, -0.2) is 0 Å². The number of carbonyl (C=O) groups is 1. The first kappa shape index (κ1) is 14.9. The first-order valence-electron chi connectivity index (χ1n) is 7.42. The van der Waals surface area contributed by atoms with Gasteiger partial charge in [0.1, 0.15) is 5.75 Å². The van der Waals surface area contributed by atoms with E-state index in [4.69, 9.17) is 4.74 Å². The molecule has 1 N–H and O–H groups in total. The Morgan fingerprint density at radius 3 is 2.95 bits per heavy atom. The zero-order valence-electron chi connectivity index (χ0n) is 12.3. The van der Waals surface area contributed by atoms with Crippen LogP contribution < -0.4 is 9.80 Å². The molecule has 0 saturated carbocycles. The lowest BCUT2D eigenvalue weighted by atomic mass is 10.0. The minimum Gasteiger partial charge on any atom is -0.491 e. The maximum absolute atomic E-state index is 11.8. The van der Waals surface area contributed by atoms with Crippen LogP contribution in [0.4, 0.5) is 5.69 Å². The van der Waals surface area contributed by atoms with Crippen molar-refractivity contribution >= 4 is 11.5 Å². The summed E-state index contributed by atoms with van der Waals surface area (Å²) in [6.45, 7) is 4.58. The fourth-order valence-electron chi connectivity index (χ4n) is 2.47. The van der Waals surface area contributed by atoms with Crippen LogP contribution in [0, 0.1) is 0 Å². The highest BCUT2D eigenvalue weighted by atomic mass is 16.5. The number of ether oxygens (including phenoxy) is 1. The van der Waals surface area contributed by atoms with Gasteiger partial charge in [0.25, 0.3) is 0 Å². The number of ketones is 1. The smallest absolute Gasteiger partial charge is 0.166 e. The van der Waals surface area contributed by atoms with E-state index in [9.17, 15) is 10.0 Å². The number of Topliss-reactive ketones (excluding diaryl/α,β-unsaturated/α-hetero) is 1. The second-order valence-corrected chi connectivity index (χ2v) is 5.40. The van der Waals surface area contributed by atoms with E-state index >= 15 is 0 Å². The molecular weight excluding hydrogens is 254 g/mol. The standard InChI is InChI=1S/C16H23NO3/c1-3-4-5-6-12(2)20-13-7-8-14-15(11-13)17(19)10-9-16(14)18/h7-8,11-12,19H,3-6,9-10H2,1-2H3. The monoisotopic (exact) mass is 277 g/mol. The molecule has 0 aliphatic carbocycles. The quantitative estimate of drug-likeness (QED) is 0.803. The summed E-state index contributed by atoms with van der Waals surface area (Å²) < 4.78 is 5.86. The molecule has 1 aromatic carbocycles. The minimum absolute atomic E-state index is 0.0767. The molecule has 1 aliphatic rings. The molecule has 0 bridgehead atoms. The van der Waals surface area contributed by atoms with Crippen LogP contribution in [0.15, 0.2) is 18.2 Å². The van der Waals surface area contributed by atoms with Crippen LogP contribution in [0.2, 0.25) is 0 Å². The third kappa shape index (κ3) is 3.51. The lowest BCUT2D eigenvalue weighted by Crippen LogP contribution is -2.28. The first-order valence-corrected chi connectivity index (χ1v) is 7.42. The van der Waals surface area contributed by atoms with Crippen LogP contribution in [0.25, 0.3) is 0 Å². The van der Waals surface area contributed by atoms with Gasteiger partial charge in [-0.15, -0.1) is 0 Å². The maximum atomic E-state index is 11.8. The first-order chi connectivity index (χ1) is 9.61. The molecular formula is C16H23NO3. The zero-order valence-corrected chi connectivity index (χ0v) is 12.3. The number of benzene rings is 1. The van der Waals surface area contributed by atoms with Gasteiger partial charge in [0.15, 0.2) is 5.78 Å². The van der Waals surface area contributed by atoms with E-state index in [1.54, 1.807) is 12.1 Å². The minimum atomic E-state index is 0.0767. The number of hydrogen-bond donors (Lipinski definition) is 1. The molecule has 1 atom stereocenters. The summed E-state index contributed by atoms with van der Waals surface area (Å²) in [6, 6.07) is 5.31. The van der Waals surface area contributed by atoms with Crippen LogP contribution in [-0.4, -0.2) is 23.6 Å². The van der Waals surface area contributed by atoms with Crippen molar-refractivity contribution in [2.24, 2.45) is 0 Å². The van der Waals surface area contributed by atoms with Gasteiger partial charge in [0.05, 0.1) is 18.3 Å². The summed E-state index contributed by atoms with van der Waals surface area (Å²) in [6.07, 6.45) is 5.10. The summed E-state index contributed by atoms with van der Waals surface area (Å²) in [7, 11) is 0. The lowest BCUT2D eigenvalue weighted by molar-refractivity contribution is 0.0960. The normalized spacial score (nSPS) is 15.9. The maximum Gasteiger partial charge on any atom is 0.166 e. The number of hydroxylamine groups is 1. The number of nitrogens with zero attached hydrogens (tertiary/aromatic N) is 1. The Balaban J connectivity index is 2.03. The highest BCUT2D eigenvalue weighted by Crippen LogP contribution is 2.30. The topological polar surface area (TPSA) is 49.8 Å². The Morgan fingerprint density at radius 1 is 1.40 bits per heavy atom. The van der Waals surface area contributed by atoms with E-state index < -0.39 is 0 Å². The lowest BCUT2D eigenvalue weighted by Gasteiger charge is -2.25. The molecule has 1 aromatic rings. The van der Waals surface area contributed by atoms with Crippen LogP contribution >= 0.6 is 0 Å². The predicted molar refractivity (Wildman–Crippen MR) is 78.8 cm³/mol. The van der Waals surface area contributed by atoms with E-state index in [1.807, 2.05) is 6.07 Å². The molecule has 1 heterocycles. The average Bonchev–Trinajstić information content (AvgIpc) is 2.43. The summed E-state index contributed by atoms with van der Waals surface area (Å²) >= 11 is 0. The Bertz CT molecular complexity index is 473. The van der Waals surface area contributed by atoms with Gasteiger partial charge in [-0.05, 0) is 31.9 Å². The second kappa shape index (κ2) is 6.75. The number of unbranched alkanes of at least 4 members (excludes halogenated alkanes) is 2. The molecule has 0 aromatic heterocycles. The van der Waals surface area contributed by atoms with E-state index in [0.29, 0.717) is 30.0 Å². The third-order valence-corrected chi connectivity index (χ3v) is 3.65. The molecule has 20 heavy (non-hydrogen) atoms. The van der Waals surface area contributed by atoms with Gasteiger partial charge in [-0.1, -0.05) is 19.8 Å². The van der Waals surface area contributed by atoms with Crippen molar-refractivity contribution in [1.29, 1.82) is 0 Å². The Labute approximate surface area is 120 Å². The van der Waals surface area contributed by atoms with Crippen molar-refractivity contribution in [2.75, 3.05) is 11.6 Å². The van der Waals surface area contributed by atoms with Crippen LogP contribution in [0.1, 0.15) is 56.3 Å². The molecule has 0 spiro atoms.